The van der Waals surface area contributed by atoms with Gasteiger partial charge in [0.1, 0.15) is 12.1 Å². The van der Waals surface area contributed by atoms with E-state index in [1.54, 1.807) is 7.11 Å². The fraction of sp³-hybridized carbons (Fsp3) is 0.625. The van der Waals surface area contributed by atoms with Gasteiger partial charge in [-0.25, -0.2) is 0 Å². The predicted molar refractivity (Wildman–Crippen MR) is 42.2 cm³/mol. The van der Waals surface area contributed by atoms with Gasteiger partial charge in [-0.15, -0.1) is 0 Å². The van der Waals surface area contributed by atoms with Crippen LogP contribution in [0.5, 0.6) is 5.88 Å². The van der Waals surface area contributed by atoms with Gasteiger partial charge in [-0.2, -0.15) is 0 Å². The summed E-state index contributed by atoms with van der Waals surface area (Å²) in [6.45, 7) is 2.08. The van der Waals surface area contributed by atoms with Gasteiger partial charge in [-0.3, -0.25) is 0 Å². The second-order valence-electron chi connectivity index (χ2n) is 3.23. The molecule has 2 heterocycles. The molecule has 0 aliphatic carbocycles. The van der Waals surface area contributed by atoms with Gasteiger partial charge in [0.15, 0.2) is 5.76 Å². The Morgan fingerprint density at radius 3 is 3.17 bits per heavy atom. The smallest absolute Gasteiger partial charge is 0.263 e. The zero-order valence-electron chi connectivity index (χ0n) is 7.39. The first-order valence-corrected chi connectivity index (χ1v) is 4.14. The van der Waals surface area contributed by atoms with E-state index in [1.807, 2.05) is 0 Å². The monoisotopic (exact) mass is 169 g/mol. The minimum atomic E-state index is 0.657. The van der Waals surface area contributed by atoms with Gasteiger partial charge in [-0.1, -0.05) is 0 Å². The van der Waals surface area contributed by atoms with E-state index in [4.69, 9.17) is 9.26 Å². The molecule has 2 rings (SSSR count). The number of quaternary nitrogens is 1. The largest absolute Gasteiger partial charge is 0.478 e. The lowest BCUT2D eigenvalue weighted by Crippen LogP contribution is -3.08. The minimum Gasteiger partial charge on any atom is -0.478 e. The number of hydrogen-bond acceptors (Lipinski definition) is 3. The maximum absolute atomic E-state index is 5.14. The Bertz CT molecular complexity index is 269. The average molecular weight is 169 g/mol. The van der Waals surface area contributed by atoms with Gasteiger partial charge in [-0.05, 0) is 5.16 Å². The molecule has 0 amide bonds. The van der Waals surface area contributed by atoms with Crippen LogP contribution in [0.1, 0.15) is 11.3 Å². The summed E-state index contributed by atoms with van der Waals surface area (Å²) in [4.78, 5) is 1.48. The summed E-state index contributed by atoms with van der Waals surface area (Å²) in [5.41, 5.74) is 1.14. The minimum absolute atomic E-state index is 0.657. The van der Waals surface area contributed by atoms with Gasteiger partial charge >= 0.3 is 0 Å². The summed E-state index contributed by atoms with van der Waals surface area (Å²) in [5.74, 6) is 1.65. The summed E-state index contributed by atoms with van der Waals surface area (Å²) in [6.07, 6.45) is 0.970. The highest BCUT2D eigenvalue weighted by Gasteiger charge is 2.25. The Morgan fingerprint density at radius 2 is 2.42 bits per heavy atom. The Kier molecular flexibility index (Phi) is 1.77. The van der Waals surface area contributed by atoms with E-state index in [0.29, 0.717) is 5.88 Å². The Balaban J connectivity index is 2.34. The molecule has 1 aromatic heterocycles. The number of hydrogen-bond donors (Lipinski definition) is 1. The molecule has 1 aliphatic heterocycles. The summed E-state index contributed by atoms with van der Waals surface area (Å²) in [5, 5.41) is 3.84. The van der Waals surface area contributed by atoms with Crippen LogP contribution in [0.2, 0.25) is 0 Å². The standard InChI is InChI=1S/C8H12N2O2/c1-10-4-3-7-6(5-10)8(11-2)9-12-7/h3-5H2,1-2H3/p+1. The molecule has 4 heteroatoms. The first-order chi connectivity index (χ1) is 5.81. The van der Waals surface area contributed by atoms with E-state index in [-0.39, 0.29) is 0 Å². The maximum atomic E-state index is 5.14. The summed E-state index contributed by atoms with van der Waals surface area (Å²) >= 11 is 0. The number of nitrogens with zero attached hydrogens (tertiary/aromatic N) is 1. The van der Waals surface area contributed by atoms with Crippen LogP contribution >= 0.6 is 0 Å². The molecular formula is C8H13N2O2+. The van der Waals surface area contributed by atoms with Crippen LogP contribution in [0.25, 0.3) is 0 Å². The normalized spacial score (nSPS) is 22.0. The van der Waals surface area contributed by atoms with Crippen LogP contribution in [0.4, 0.5) is 0 Å². The van der Waals surface area contributed by atoms with Crippen LogP contribution in [-0.4, -0.2) is 25.9 Å². The highest BCUT2D eigenvalue weighted by Crippen LogP contribution is 2.21. The summed E-state index contributed by atoms with van der Waals surface area (Å²) < 4.78 is 10.2. The van der Waals surface area contributed by atoms with Crippen molar-refractivity contribution >= 4 is 0 Å². The quantitative estimate of drug-likeness (QED) is 0.601. The third-order valence-electron chi connectivity index (χ3n) is 2.28. The first-order valence-electron chi connectivity index (χ1n) is 4.14. The van der Waals surface area contributed by atoms with Crippen LogP contribution in [0, 0.1) is 0 Å². The van der Waals surface area contributed by atoms with Crippen molar-refractivity contribution in [3.63, 3.8) is 0 Å². The third kappa shape index (κ3) is 1.08. The van der Waals surface area contributed by atoms with Crippen LogP contribution < -0.4 is 9.64 Å². The Labute approximate surface area is 71.1 Å². The van der Waals surface area contributed by atoms with Crippen molar-refractivity contribution in [2.24, 2.45) is 0 Å². The fourth-order valence-corrected chi connectivity index (χ4v) is 1.57. The highest BCUT2D eigenvalue weighted by molar-refractivity contribution is 5.28. The molecule has 4 nitrogen and oxygen atoms in total. The number of ether oxygens (including phenoxy) is 1. The molecule has 1 atom stereocenters. The highest BCUT2D eigenvalue weighted by atomic mass is 16.5. The van der Waals surface area contributed by atoms with E-state index in [2.05, 4.69) is 12.2 Å². The van der Waals surface area contributed by atoms with Crippen LogP contribution in [-0.2, 0) is 13.0 Å². The molecule has 66 valence electrons. The number of rotatable bonds is 1. The van der Waals surface area contributed by atoms with Crippen molar-refractivity contribution in [3.8, 4) is 5.88 Å². The lowest BCUT2D eigenvalue weighted by molar-refractivity contribution is -0.896. The zero-order chi connectivity index (χ0) is 8.55. The first kappa shape index (κ1) is 7.61. The Morgan fingerprint density at radius 1 is 1.58 bits per heavy atom. The van der Waals surface area contributed by atoms with Gasteiger partial charge in [0.2, 0.25) is 0 Å². The molecule has 1 aromatic rings. The fourth-order valence-electron chi connectivity index (χ4n) is 1.57. The predicted octanol–water partition coefficient (Wildman–Crippen LogP) is -0.746. The third-order valence-corrected chi connectivity index (χ3v) is 2.28. The number of aromatic nitrogens is 1. The van der Waals surface area contributed by atoms with E-state index in [0.717, 1.165) is 30.8 Å². The van der Waals surface area contributed by atoms with Crippen LogP contribution in [0.15, 0.2) is 4.52 Å². The molecular weight excluding hydrogens is 156 g/mol. The lowest BCUT2D eigenvalue weighted by atomic mass is 10.1. The van der Waals surface area contributed by atoms with Crippen LogP contribution in [0.3, 0.4) is 0 Å². The summed E-state index contributed by atoms with van der Waals surface area (Å²) in [6, 6.07) is 0. The molecule has 0 aromatic carbocycles. The molecule has 1 aliphatic rings. The van der Waals surface area contributed by atoms with Gasteiger partial charge < -0.3 is 14.2 Å². The Hall–Kier alpha value is -1.03. The number of methoxy groups -OCH3 is 1. The maximum Gasteiger partial charge on any atom is 0.263 e. The average Bonchev–Trinajstić information content (AvgIpc) is 2.46. The molecule has 0 spiro atoms. The number of nitrogens with one attached hydrogen (secondary N) is 1. The van der Waals surface area contributed by atoms with Crippen molar-refractivity contribution < 1.29 is 14.2 Å². The van der Waals surface area contributed by atoms with E-state index in [9.17, 15) is 0 Å². The zero-order valence-corrected chi connectivity index (χ0v) is 7.39. The molecule has 1 unspecified atom stereocenters. The van der Waals surface area contributed by atoms with Crippen molar-refractivity contribution in [3.05, 3.63) is 11.3 Å². The van der Waals surface area contributed by atoms with Gasteiger partial charge in [0.25, 0.3) is 5.88 Å². The lowest BCUT2D eigenvalue weighted by Gasteiger charge is -2.17. The number of likely N-dealkylation sites (N-methyl/N-ethyl adjacent to an activating group) is 1. The molecule has 0 saturated heterocycles. The van der Waals surface area contributed by atoms with Gasteiger partial charge in [0, 0.05) is 0 Å². The summed E-state index contributed by atoms with van der Waals surface area (Å²) in [7, 11) is 3.79. The van der Waals surface area contributed by atoms with Crippen molar-refractivity contribution in [2.45, 2.75) is 13.0 Å². The van der Waals surface area contributed by atoms with Crippen molar-refractivity contribution in [2.75, 3.05) is 20.7 Å². The number of fused-ring (bicyclic) bond motifs is 1. The second kappa shape index (κ2) is 2.79. The molecule has 1 N–H and O–H groups in total. The molecule has 0 bridgehead atoms. The van der Waals surface area contributed by atoms with E-state index < -0.39 is 0 Å². The molecule has 0 saturated carbocycles. The van der Waals surface area contributed by atoms with E-state index >= 15 is 0 Å². The molecule has 0 radical (unpaired) electrons. The van der Waals surface area contributed by atoms with Crippen molar-refractivity contribution in [1.29, 1.82) is 0 Å². The topological polar surface area (TPSA) is 39.7 Å². The molecule has 12 heavy (non-hydrogen) atoms. The van der Waals surface area contributed by atoms with E-state index in [1.165, 1.54) is 4.90 Å². The second-order valence-corrected chi connectivity index (χ2v) is 3.23. The molecule has 0 fully saturated rings. The van der Waals surface area contributed by atoms with Gasteiger partial charge in [0.05, 0.1) is 27.1 Å². The van der Waals surface area contributed by atoms with Crippen molar-refractivity contribution in [1.82, 2.24) is 5.16 Å². The SMILES string of the molecule is COc1noc2c1C[NH+](C)CC2.